The monoisotopic (exact) mass is 331 g/mol. The molecule has 2 N–H and O–H groups in total. The minimum absolute atomic E-state index is 0.0233. The van der Waals surface area contributed by atoms with E-state index in [1.54, 1.807) is 0 Å². The molecule has 0 radical (unpaired) electrons. The maximum atomic E-state index is 12.2. The van der Waals surface area contributed by atoms with E-state index in [1.165, 1.54) is 0 Å². The zero-order chi connectivity index (χ0) is 17.2. The third-order valence-corrected chi connectivity index (χ3v) is 4.11. The van der Waals surface area contributed by atoms with Crippen LogP contribution in [0.3, 0.4) is 0 Å². The SMILES string of the molecule is CC1(C)COCCN1c1ccc2cc(OC/C(N)=C/F)ccc2n1. The number of halogens is 1. The van der Waals surface area contributed by atoms with E-state index in [1.807, 2.05) is 30.3 Å². The van der Waals surface area contributed by atoms with Gasteiger partial charge in [0.2, 0.25) is 0 Å². The minimum Gasteiger partial charge on any atom is -0.487 e. The van der Waals surface area contributed by atoms with Crippen molar-refractivity contribution >= 4 is 16.7 Å². The zero-order valence-electron chi connectivity index (χ0n) is 14.0. The molecule has 3 rings (SSSR count). The average Bonchev–Trinajstić information content (AvgIpc) is 2.58. The van der Waals surface area contributed by atoms with E-state index in [2.05, 4.69) is 18.7 Å². The fourth-order valence-corrected chi connectivity index (χ4v) is 2.81. The summed E-state index contributed by atoms with van der Waals surface area (Å²) in [6.45, 7) is 6.54. The van der Waals surface area contributed by atoms with Crippen LogP contribution in [0.1, 0.15) is 13.8 Å². The van der Waals surface area contributed by atoms with Crippen LogP contribution < -0.4 is 15.4 Å². The van der Waals surface area contributed by atoms with E-state index in [0.29, 0.717) is 25.3 Å². The minimum atomic E-state index is -0.0851. The Morgan fingerprint density at radius 3 is 3.00 bits per heavy atom. The molecular formula is C18H22FN3O2. The fourth-order valence-electron chi connectivity index (χ4n) is 2.81. The summed E-state index contributed by atoms with van der Waals surface area (Å²) in [6, 6.07) is 9.62. The normalized spacial score (nSPS) is 18.0. The van der Waals surface area contributed by atoms with Crippen molar-refractivity contribution in [2.24, 2.45) is 5.73 Å². The summed E-state index contributed by atoms with van der Waals surface area (Å²) in [5.41, 5.74) is 6.25. The molecule has 1 saturated heterocycles. The van der Waals surface area contributed by atoms with Gasteiger partial charge in [0.05, 0.1) is 30.0 Å². The van der Waals surface area contributed by atoms with Gasteiger partial charge in [0.25, 0.3) is 0 Å². The zero-order valence-corrected chi connectivity index (χ0v) is 14.0. The topological polar surface area (TPSA) is 60.6 Å². The van der Waals surface area contributed by atoms with E-state index in [4.69, 9.17) is 20.2 Å². The predicted octanol–water partition coefficient (Wildman–Crippen LogP) is 3.00. The van der Waals surface area contributed by atoms with Crippen LogP contribution in [0, 0.1) is 0 Å². The van der Waals surface area contributed by atoms with Gasteiger partial charge in [0.15, 0.2) is 0 Å². The molecule has 0 saturated carbocycles. The molecule has 0 unspecified atom stereocenters. The number of nitrogens with zero attached hydrogens (tertiary/aromatic N) is 2. The number of pyridine rings is 1. The highest BCUT2D eigenvalue weighted by atomic mass is 19.1. The highest BCUT2D eigenvalue weighted by Crippen LogP contribution is 2.28. The molecule has 128 valence electrons. The predicted molar refractivity (Wildman–Crippen MR) is 92.9 cm³/mol. The largest absolute Gasteiger partial charge is 0.487 e. The average molecular weight is 331 g/mol. The number of ether oxygens (including phenoxy) is 2. The molecule has 1 aromatic carbocycles. The van der Waals surface area contributed by atoms with Crippen LogP contribution in [0.25, 0.3) is 10.9 Å². The lowest BCUT2D eigenvalue weighted by molar-refractivity contribution is 0.0639. The first-order chi connectivity index (χ1) is 11.5. The summed E-state index contributed by atoms with van der Waals surface area (Å²) in [5.74, 6) is 1.57. The summed E-state index contributed by atoms with van der Waals surface area (Å²) in [7, 11) is 0. The fraction of sp³-hybridized carbons (Fsp3) is 0.389. The molecule has 24 heavy (non-hydrogen) atoms. The maximum absolute atomic E-state index is 12.2. The van der Waals surface area contributed by atoms with Gasteiger partial charge in [0.1, 0.15) is 24.5 Å². The second kappa shape index (κ2) is 6.65. The molecule has 5 nitrogen and oxygen atoms in total. The van der Waals surface area contributed by atoms with Gasteiger partial charge in [-0.25, -0.2) is 9.37 Å². The maximum Gasteiger partial charge on any atom is 0.130 e. The highest BCUT2D eigenvalue weighted by molar-refractivity contribution is 5.82. The first-order valence-corrected chi connectivity index (χ1v) is 7.93. The molecule has 1 aromatic heterocycles. The van der Waals surface area contributed by atoms with Crippen LogP contribution in [0.15, 0.2) is 42.4 Å². The van der Waals surface area contributed by atoms with Crippen LogP contribution >= 0.6 is 0 Å². The molecule has 2 aromatic rings. The lowest BCUT2D eigenvalue weighted by Crippen LogP contribution is -2.53. The standard InChI is InChI=1S/C18H22FN3O2/c1-18(2)12-23-8-7-22(18)17-6-3-13-9-15(4-5-16(13)21-17)24-11-14(20)10-19/h3-6,9-10H,7-8,11-12,20H2,1-2H3/b14-10-. The Labute approximate surface area is 140 Å². The van der Waals surface area contributed by atoms with Crippen molar-refractivity contribution in [1.29, 1.82) is 0 Å². The van der Waals surface area contributed by atoms with Gasteiger partial charge in [-0.05, 0) is 44.2 Å². The molecule has 0 atom stereocenters. The van der Waals surface area contributed by atoms with Crippen LogP contribution in [0.2, 0.25) is 0 Å². The molecule has 1 aliphatic rings. The van der Waals surface area contributed by atoms with Crippen molar-refractivity contribution in [3.8, 4) is 5.75 Å². The molecule has 1 fully saturated rings. The van der Waals surface area contributed by atoms with Crippen molar-refractivity contribution in [2.45, 2.75) is 19.4 Å². The van der Waals surface area contributed by atoms with Crippen LogP contribution in [0.4, 0.5) is 10.2 Å². The Hall–Kier alpha value is -2.34. The van der Waals surface area contributed by atoms with Gasteiger partial charge >= 0.3 is 0 Å². The number of morpholine rings is 1. The number of benzene rings is 1. The number of aromatic nitrogens is 1. The smallest absolute Gasteiger partial charge is 0.130 e. The number of fused-ring (bicyclic) bond motifs is 1. The van der Waals surface area contributed by atoms with Crippen molar-refractivity contribution in [2.75, 3.05) is 31.3 Å². The second-order valence-electron chi connectivity index (χ2n) is 6.51. The number of hydrogen-bond acceptors (Lipinski definition) is 5. The van der Waals surface area contributed by atoms with E-state index >= 15 is 0 Å². The number of anilines is 1. The third-order valence-electron chi connectivity index (χ3n) is 4.11. The first-order valence-electron chi connectivity index (χ1n) is 7.93. The van der Waals surface area contributed by atoms with Gasteiger partial charge in [0, 0.05) is 11.9 Å². The molecule has 6 heteroatoms. The molecular weight excluding hydrogens is 309 g/mol. The number of nitrogens with two attached hydrogens (primary N) is 1. The quantitative estimate of drug-likeness (QED) is 0.933. The number of hydrogen-bond donors (Lipinski definition) is 1. The van der Waals surface area contributed by atoms with E-state index < -0.39 is 0 Å². The Balaban J connectivity index is 1.84. The van der Waals surface area contributed by atoms with E-state index in [-0.39, 0.29) is 17.8 Å². The Kier molecular flexibility index (Phi) is 4.57. The Bertz CT molecular complexity index is 761. The van der Waals surface area contributed by atoms with Gasteiger partial charge in [-0.2, -0.15) is 0 Å². The van der Waals surface area contributed by atoms with Crippen molar-refractivity contribution in [3.05, 3.63) is 42.4 Å². The third kappa shape index (κ3) is 3.43. The van der Waals surface area contributed by atoms with Gasteiger partial charge in [-0.1, -0.05) is 0 Å². The summed E-state index contributed by atoms with van der Waals surface area (Å²) in [6.07, 6.45) is 0.346. The van der Waals surface area contributed by atoms with Crippen molar-refractivity contribution in [1.82, 2.24) is 4.98 Å². The molecule has 0 bridgehead atoms. The van der Waals surface area contributed by atoms with Crippen molar-refractivity contribution in [3.63, 3.8) is 0 Å². The molecule has 0 amide bonds. The van der Waals surface area contributed by atoms with Crippen molar-refractivity contribution < 1.29 is 13.9 Å². The van der Waals surface area contributed by atoms with E-state index in [0.717, 1.165) is 23.3 Å². The second-order valence-corrected chi connectivity index (χ2v) is 6.51. The molecule has 2 heterocycles. The lowest BCUT2D eigenvalue weighted by Gasteiger charge is -2.43. The Morgan fingerprint density at radius 1 is 1.42 bits per heavy atom. The summed E-state index contributed by atoms with van der Waals surface area (Å²) in [5, 5.41) is 0.963. The summed E-state index contributed by atoms with van der Waals surface area (Å²) >= 11 is 0. The first kappa shape index (κ1) is 16.5. The Morgan fingerprint density at radius 2 is 2.25 bits per heavy atom. The van der Waals surface area contributed by atoms with Gasteiger partial charge < -0.3 is 20.1 Å². The summed E-state index contributed by atoms with van der Waals surface area (Å²) < 4.78 is 23.3. The van der Waals surface area contributed by atoms with Gasteiger partial charge in [-0.15, -0.1) is 0 Å². The van der Waals surface area contributed by atoms with Crippen LogP contribution in [0.5, 0.6) is 5.75 Å². The van der Waals surface area contributed by atoms with Gasteiger partial charge in [-0.3, -0.25) is 0 Å². The van der Waals surface area contributed by atoms with Crippen LogP contribution in [-0.2, 0) is 4.74 Å². The molecule has 0 spiro atoms. The van der Waals surface area contributed by atoms with Crippen LogP contribution in [-0.4, -0.2) is 36.9 Å². The molecule has 0 aliphatic carbocycles. The lowest BCUT2D eigenvalue weighted by atomic mass is 10.0. The highest BCUT2D eigenvalue weighted by Gasteiger charge is 2.31. The van der Waals surface area contributed by atoms with E-state index in [9.17, 15) is 4.39 Å². The molecule has 1 aliphatic heterocycles. The number of rotatable bonds is 4. The summed E-state index contributed by atoms with van der Waals surface area (Å²) in [4.78, 5) is 7.04.